The molecule has 4 N–H and O–H groups in total. The first kappa shape index (κ1) is 26.4. The minimum absolute atomic E-state index is 0.0891. The van der Waals surface area contributed by atoms with E-state index in [4.69, 9.17) is 15.2 Å². The summed E-state index contributed by atoms with van der Waals surface area (Å²) in [5.41, 5.74) is 13.8. The number of hydrogen-bond acceptors (Lipinski definition) is 8. The van der Waals surface area contributed by atoms with Crippen molar-refractivity contribution in [3.63, 3.8) is 0 Å². The van der Waals surface area contributed by atoms with Gasteiger partial charge in [0.05, 0.1) is 36.0 Å². The largest absolute Gasteiger partial charge is 0.490 e. The van der Waals surface area contributed by atoms with Gasteiger partial charge in [-0.05, 0) is 56.4 Å². The van der Waals surface area contributed by atoms with Crippen molar-refractivity contribution in [3.8, 4) is 11.5 Å². The molecule has 2 aromatic carbocycles. The molecule has 0 unspecified atom stereocenters. The van der Waals surface area contributed by atoms with Gasteiger partial charge >= 0.3 is 0 Å². The lowest BCUT2D eigenvalue weighted by Gasteiger charge is -2.23. The lowest BCUT2D eigenvalue weighted by atomic mass is 10.0. The van der Waals surface area contributed by atoms with E-state index >= 15 is 0 Å². The zero-order valence-corrected chi connectivity index (χ0v) is 21.7. The Bertz CT molecular complexity index is 1280. The molecule has 0 bridgehead atoms. The number of ether oxygens (including phenoxy) is 2. The van der Waals surface area contributed by atoms with E-state index in [-0.39, 0.29) is 11.6 Å². The van der Waals surface area contributed by atoms with E-state index in [1.807, 2.05) is 43.1 Å². The number of hydrogen-bond donors (Lipinski definition) is 3. The fourth-order valence-corrected chi connectivity index (χ4v) is 4.84. The number of anilines is 2. The van der Waals surface area contributed by atoms with E-state index in [9.17, 15) is 9.59 Å². The molecule has 0 aliphatic carbocycles. The molecule has 9 nitrogen and oxygen atoms in total. The first-order valence-corrected chi connectivity index (χ1v) is 12.9. The number of aromatic nitrogens is 1. The highest BCUT2D eigenvalue weighted by molar-refractivity contribution is 6.08. The third-order valence-electron chi connectivity index (χ3n) is 6.61. The predicted octanol–water partition coefficient (Wildman–Crippen LogP) is 4.11. The van der Waals surface area contributed by atoms with Gasteiger partial charge in [0, 0.05) is 36.4 Å². The van der Waals surface area contributed by atoms with Crippen molar-refractivity contribution in [3.05, 3.63) is 53.2 Å². The molecule has 9 heteroatoms. The monoisotopic (exact) mass is 505 g/mol. The van der Waals surface area contributed by atoms with Crippen molar-refractivity contribution in [2.75, 3.05) is 25.1 Å². The SMILES string of the molecule is CCOc1cc2ncc(C(N)=O)c(Nc3cccc(CNN4CCC[C@@H]4C=O)c3CC)c2cc1OCC. The molecule has 1 aliphatic heterocycles. The maximum atomic E-state index is 12.4. The maximum absolute atomic E-state index is 12.4. The highest BCUT2D eigenvalue weighted by Gasteiger charge is 2.24. The van der Waals surface area contributed by atoms with Crippen molar-refractivity contribution < 1.29 is 19.1 Å². The zero-order valence-electron chi connectivity index (χ0n) is 21.7. The summed E-state index contributed by atoms with van der Waals surface area (Å²) in [6.45, 7) is 8.30. The fourth-order valence-electron chi connectivity index (χ4n) is 4.84. The number of rotatable bonds is 12. The van der Waals surface area contributed by atoms with Crippen molar-refractivity contribution in [2.24, 2.45) is 5.73 Å². The standard InChI is InChI=1S/C28H35N5O4/c1-4-20-18(15-31-33-12-8-10-19(33)17-34)9-7-11-23(20)32-27-21-13-25(36-5-2)26(37-6-3)14-24(21)30-16-22(27)28(29)35/h7,9,11,13-14,16-17,19,31H,4-6,8,10,12,15H2,1-3H3,(H2,29,35)(H,30,32)/t19-/m1/s1. The molecule has 1 amide bonds. The Hall–Kier alpha value is -3.69. The number of pyridine rings is 1. The van der Waals surface area contributed by atoms with Crippen LogP contribution in [0.1, 0.15) is 55.1 Å². The summed E-state index contributed by atoms with van der Waals surface area (Å²) >= 11 is 0. The molecule has 1 aliphatic rings. The number of carbonyl (C=O) groups excluding carboxylic acids is 2. The Morgan fingerprint density at radius 2 is 1.95 bits per heavy atom. The van der Waals surface area contributed by atoms with Gasteiger partial charge < -0.3 is 25.3 Å². The Balaban J connectivity index is 1.74. The molecule has 1 fully saturated rings. The molecule has 2 heterocycles. The molecule has 0 spiro atoms. The smallest absolute Gasteiger partial charge is 0.252 e. The predicted molar refractivity (Wildman–Crippen MR) is 144 cm³/mol. The van der Waals surface area contributed by atoms with Crippen LogP contribution in [0.5, 0.6) is 11.5 Å². The van der Waals surface area contributed by atoms with Gasteiger partial charge in [0.1, 0.15) is 6.29 Å². The number of aldehydes is 1. The molecule has 1 aromatic heterocycles. The summed E-state index contributed by atoms with van der Waals surface area (Å²) in [7, 11) is 0. The maximum Gasteiger partial charge on any atom is 0.252 e. The van der Waals surface area contributed by atoms with Crippen LogP contribution < -0.4 is 25.9 Å². The lowest BCUT2D eigenvalue weighted by Crippen LogP contribution is -2.42. The number of fused-ring (bicyclic) bond motifs is 1. The van der Waals surface area contributed by atoms with Gasteiger partial charge in [0.25, 0.3) is 5.91 Å². The second-order valence-corrected chi connectivity index (χ2v) is 8.89. The summed E-state index contributed by atoms with van der Waals surface area (Å²) in [4.78, 5) is 28.3. The molecular weight excluding hydrogens is 470 g/mol. The first-order valence-electron chi connectivity index (χ1n) is 12.9. The van der Waals surface area contributed by atoms with Crippen molar-refractivity contribution in [1.82, 2.24) is 15.4 Å². The number of benzene rings is 2. The van der Waals surface area contributed by atoms with Gasteiger partial charge in [0.15, 0.2) is 11.5 Å². The minimum Gasteiger partial charge on any atom is -0.490 e. The van der Waals surface area contributed by atoms with Gasteiger partial charge in [-0.2, -0.15) is 0 Å². The van der Waals surface area contributed by atoms with Gasteiger partial charge in [-0.1, -0.05) is 19.1 Å². The summed E-state index contributed by atoms with van der Waals surface area (Å²) in [6.07, 6.45) is 5.14. The number of carbonyl (C=O) groups is 2. The van der Waals surface area contributed by atoms with E-state index in [0.717, 1.165) is 48.9 Å². The second kappa shape index (κ2) is 12.0. The van der Waals surface area contributed by atoms with Crippen LogP contribution in [-0.4, -0.2) is 48.0 Å². The second-order valence-electron chi connectivity index (χ2n) is 8.89. The highest BCUT2D eigenvalue weighted by atomic mass is 16.5. The van der Waals surface area contributed by atoms with E-state index in [2.05, 4.69) is 28.7 Å². The number of amides is 1. The quantitative estimate of drug-likeness (QED) is 0.315. The van der Waals surface area contributed by atoms with Gasteiger partial charge in [-0.15, -0.1) is 0 Å². The third-order valence-corrected chi connectivity index (χ3v) is 6.61. The van der Waals surface area contributed by atoms with Crippen LogP contribution >= 0.6 is 0 Å². The number of nitrogens with zero attached hydrogens (tertiary/aromatic N) is 2. The topological polar surface area (TPSA) is 119 Å². The van der Waals surface area contributed by atoms with Crippen molar-refractivity contribution in [1.29, 1.82) is 0 Å². The van der Waals surface area contributed by atoms with E-state index < -0.39 is 5.91 Å². The average molecular weight is 506 g/mol. The molecule has 37 heavy (non-hydrogen) atoms. The molecule has 196 valence electrons. The van der Waals surface area contributed by atoms with Crippen LogP contribution in [0, 0.1) is 0 Å². The Labute approximate surface area is 217 Å². The molecule has 3 aromatic rings. The van der Waals surface area contributed by atoms with Crippen LogP contribution in [0.25, 0.3) is 10.9 Å². The summed E-state index contributed by atoms with van der Waals surface area (Å²) in [6, 6.07) is 9.61. The van der Waals surface area contributed by atoms with Crippen LogP contribution in [0.3, 0.4) is 0 Å². The van der Waals surface area contributed by atoms with Crippen LogP contribution in [-0.2, 0) is 17.8 Å². The molecule has 0 saturated carbocycles. The summed E-state index contributed by atoms with van der Waals surface area (Å²) in [5.74, 6) is 0.598. The van der Waals surface area contributed by atoms with Gasteiger partial charge in [-0.3, -0.25) is 15.2 Å². The van der Waals surface area contributed by atoms with Crippen LogP contribution in [0.15, 0.2) is 36.5 Å². The Morgan fingerprint density at radius 3 is 2.62 bits per heavy atom. The highest BCUT2D eigenvalue weighted by Crippen LogP contribution is 2.38. The van der Waals surface area contributed by atoms with Gasteiger partial charge in [0.2, 0.25) is 0 Å². The molecule has 0 radical (unpaired) electrons. The van der Waals surface area contributed by atoms with Crippen LogP contribution in [0.2, 0.25) is 0 Å². The fraction of sp³-hybridized carbons (Fsp3) is 0.393. The van der Waals surface area contributed by atoms with E-state index in [1.54, 1.807) is 0 Å². The molecule has 1 atom stereocenters. The van der Waals surface area contributed by atoms with Crippen molar-refractivity contribution in [2.45, 2.75) is 52.6 Å². The Kier molecular flexibility index (Phi) is 8.58. The molecular formula is C28H35N5O4. The average Bonchev–Trinajstić information content (AvgIpc) is 3.36. The number of primary amides is 1. The van der Waals surface area contributed by atoms with Crippen LogP contribution in [0.4, 0.5) is 11.4 Å². The van der Waals surface area contributed by atoms with Gasteiger partial charge in [-0.25, -0.2) is 5.01 Å². The third kappa shape index (κ3) is 5.68. The normalized spacial score (nSPS) is 15.6. The Morgan fingerprint density at radius 1 is 1.19 bits per heavy atom. The van der Waals surface area contributed by atoms with Crippen molar-refractivity contribution >= 4 is 34.5 Å². The number of hydrazine groups is 1. The molecule has 4 rings (SSSR count). The summed E-state index contributed by atoms with van der Waals surface area (Å²) < 4.78 is 11.6. The lowest BCUT2D eigenvalue weighted by molar-refractivity contribution is -0.112. The summed E-state index contributed by atoms with van der Waals surface area (Å²) in [5, 5.41) is 6.21. The minimum atomic E-state index is -0.575. The first-order chi connectivity index (χ1) is 18.0. The number of nitrogens with one attached hydrogen (secondary N) is 2. The number of nitrogens with two attached hydrogens (primary N) is 1. The van der Waals surface area contributed by atoms with E-state index in [1.165, 1.54) is 6.20 Å². The van der Waals surface area contributed by atoms with E-state index in [0.29, 0.717) is 47.8 Å². The zero-order chi connectivity index (χ0) is 26.4. The molecule has 1 saturated heterocycles.